The van der Waals surface area contributed by atoms with Gasteiger partial charge in [-0.15, -0.1) is 0 Å². The van der Waals surface area contributed by atoms with Crippen LogP contribution in [0.5, 0.6) is 0 Å². The molecule has 9 nitrogen and oxygen atoms in total. The molecule has 4 aromatic heterocycles. The number of imidazole rings is 1. The average Bonchev–Trinajstić information content (AvgIpc) is 3.55. The van der Waals surface area contributed by atoms with E-state index in [2.05, 4.69) is 19.9 Å². The Morgan fingerprint density at radius 1 is 1.11 bits per heavy atom. The van der Waals surface area contributed by atoms with Crippen molar-refractivity contribution in [1.29, 1.82) is 0 Å². The fourth-order valence-corrected chi connectivity index (χ4v) is 6.65. The second-order valence-corrected chi connectivity index (χ2v) is 11.5. The number of aromatic amines is 1. The molecule has 11 heteroatoms. The topological polar surface area (TPSA) is 117 Å². The summed E-state index contributed by atoms with van der Waals surface area (Å²) in [7, 11) is -3.98. The largest absolute Gasteiger partial charge is 0.385 e. The molecule has 1 saturated heterocycles. The van der Waals surface area contributed by atoms with Crippen LogP contribution >= 0.6 is 0 Å². The number of rotatable bonds is 6. The fraction of sp³-hybridized carbons (Fsp3) is 0.296. The van der Waals surface area contributed by atoms with Crippen molar-refractivity contribution in [2.24, 2.45) is 0 Å². The molecule has 1 aliphatic rings. The monoisotopic (exact) mass is 534 g/mol. The molecule has 0 radical (unpaired) electrons. The van der Waals surface area contributed by atoms with Crippen molar-refractivity contribution in [3.05, 3.63) is 78.3 Å². The third-order valence-electron chi connectivity index (χ3n) is 7.15. The number of aliphatic hydroxyl groups excluding tert-OH is 1. The zero-order valence-corrected chi connectivity index (χ0v) is 21.6. The zero-order chi connectivity index (χ0) is 26.4. The quantitative estimate of drug-likeness (QED) is 0.336. The predicted octanol–water partition coefficient (Wildman–Crippen LogP) is 4.17. The summed E-state index contributed by atoms with van der Waals surface area (Å²) in [4.78, 5) is 18.7. The number of fused-ring (bicyclic) bond motifs is 3. The van der Waals surface area contributed by atoms with Gasteiger partial charge < -0.3 is 14.7 Å². The number of likely N-dealkylation sites (tertiary alicyclic amines) is 1. The minimum absolute atomic E-state index is 0.0396. The maximum absolute atomic E-state index is 14.1. The molecule has 1 aliphatic heterocycles. The molecule has 5 heterocycles. The highest BCUT2D eigenvalue weighted by molar-refractivity contribution is 7.91. The van der Waals surface area contributed by atoms with E-state index in [9.17, 15) is 17.9 Å². The SMILES string of the molecule is C[C@@H](O)c1nc2c(S(=O)(=O)c3ccccc3)nc3[nH]ccc3c2n1C1CCN(Cc2ncccc2F)CC1. The summed E-state index contributed by atoms with van der Waals surface area (Å²) < 4.78 is 43.5. The minimum atomic E-state index is -3.98. The Balaban J connectivity index is 1.44. The summed E-state index contributed by atoms with van der Waals surface area (Å²) in [5.41, 5.74) is 1.73. The van der Waals surface area contributed by atoms with Crippen LogP contribution in [0.3, 0.4) is 0 Å². The first kappa shape index (κ1) is 24.7. The molecule has 0 saturated carbocycles. The molecule has 1 atom stereocenters. The Morgan fingerprint density at radius 2 is 1.87 bits per heavy atom. The van der Waals surface area contributed by atoms with Gasteiger partial charge in [0.05, 0.1) is 16.1 Å². The van der Waals surface area contributed by atoms with Gasteiger partial charge in [-0.05, 0) is 50.1 Å². The lowest BCUT2D eigenvalue weighted by atomic mass is 10.0. The van der Waals surface area contributed by atoms with Crippen molar-refractivity contribution < 1.29 is 17.9 Å². The summed E-state index contributed by atoms with van der Waals surface area (Å²) in [6, 6.07) is 13.0. The number of benzene rings is 1. The number of nitrogens with zero attached hydrogens (tertiary/aromatic N) is 5. The maximum atomic E-state index is 14.1. The number of nitrogens with one attached hydrogen (secondary N) is 1. The van der Waals surface area contributed by atoms with Gasteiger partial charge in [0.1, 0.15) is 28.9 Å². The van der Waals surface area contributed by atoms with Gasteiger partial charge in [-0.2, -0.15) is 0 Å². The van der Waals surface area contributed by atoms with Gasteiger partial charge in [-0.3, -0.25) is 9.88 Å². The van der Waals surface area contributed by atoms with E-state index in [0.717, 1.165) is 5.39 Å². The van der Waals surface area contributed by atoms with Gasteiger partial charge in [-0.25, -0.2) is 22.8 Å². The molecule has 2 N–H and O–H groups in total. The van der Waals surface area contributed by atoms with E-state index >= 15 is 0 Å². The number of aliphatic hydroxyl groups is 1. The number of piperidine rings is 1. The number of sulfone groups is 1. The van der Waals surface area contributed by atoms with Crippen LogP contribution in [-0.2, 0) is 16.4 Å². The second-order valence-electron chi connectivity index (χ2n) is 9.63. The van der Waals surface area contributed by atoms with Gasteiger partial charge in [0, 0.05) is 43.5 Å². The zero-order valence-electron chi connectivity index (χ0n) is 20.7. The Kier molecular flexibility index (Phi) is 6.21. The van der Waals surface area contributed by atoms with E-state index in [1.807, 2.05) is 10.6 Å². The van der Waals surface area contributed by atoms with Gasteiger partial charge in [0.15, 0.2) is 5.03 Å². The molecule has 5 aromatic rings. The number of H-pyrrole nitrogens is 1. The predicted molar refractivity (Wildman–Crippen MR) is 140 cm³/mol. The summed E-state index contributed by atoms with van der Waals surface area (Å²) in [6.07, 6.45) is 3.82. The molecule has 0 aliphatic carbocycles. The summed E-state index contributed by atoms with van der Waals surface area (Å²) in [5.74, 6) is 0.0790. The first-order valence-electron chi connectivity index (χ1n) is 12.5. The lowest BCUT2D eigenvalue weighted by Gasteiger charge is -2.33. The molecule has 6 rings (SSSR count). The lowest BCUT2D eigenvalue weighted by molar-refractivity contribution is 0.155. The highest BCUT2D eigenvalue weighted by atomic mass is 32.2. The van der Waals surface area contributed by atoms with E-state index in [0.29, 0.717) is 55.2 Å². The Morgan fingerprint density at radius 3 is 2.58 bits per heavy atom. The van der Waals surface area contributed by atoms with Gasteiger partial charge in [0.25, 0.3) is 0 Å². The highest BCUT2D eigenvalue weighted by Crippen LogP contribution is 2.38. The molecule has 0 bridgehead atoms. The Labute approximate surface area is 218 Å². The van der Waals surface area contributed by atoms with Crippen molar-refractivity contribution in [2.75, 3.05) is 13.1 Å². The highest BCUT2D eigenvalue weighted by Gasteiger charge is 2.32. The van der Waals surface area contributed by atoms with Gasteiger partial charge in [0.2, 0.25) is 9.84 Å². The fourth-order valence-electron chi connectivity index (χ4n) is 5.30. The van der Waals surface area contributed by atoms with Crippen molar-refractivity contribution >= 4 is 31.9 Å². The summed E-state index contributed by atoms with van der Waals surface area (Å²) in [5, 5.41) is 11.3. The molecule has 0 amide bonds. The molecule has 1 aromatic carbocycles. The maximum Gasteiger partial charge on any atom is 0.226 e. The number of pyridine rings is 2. The van der Waals surface area contributed by atoms with E-state index in [1.54, 1.807) is 43.6 Å². The van der Waals surface area contributed by atoms with Crippen LogP contribution in [0.1, 0.15) is 43.4 Å². The standard InChI is InChI=1S/C27H27FN6O3S/c1-17(35)26-31-23-24(34(26)18-10-14-33(15-11-18)16-22-21(28)8-5-12-29-22)20-9-13-30-25(20)32-27(23)38(36,37)19-6-3-2-4-7-19/h2-9,12-13,17-18,35H,10-11,14-16H2,1H3,(H,30,32)/t17-/m1/s1. The first-order valence-corrected chi connectivity index (χ1v) is 14.0. The summed E-state index contributed by atoms with van der Waals surface area (Å²) in [6.45, 7) is 3.43. The van der Waals surface area contributed by atoms with E-state index in [4.69, 9.17) is 4.98 Å². The van der Waals surface area contributed by atoms with Gasteiger partial charge in [-0.1, -0.05) is 18.2 Å². The number of hydrogen-bond donors (Lipinski definition) is 2. The summed E-state index contributed by atoms with van der Waals surface area (Å²) >= 11 is 0. The molecule has 38 heavy (non-hydrogen) atoms. The smallest absolute Gasteiger partial charge is 0.226 e. The number of aromatic nitrogens is 5. The van der Waals surface area contributed by atoms with Crippen LogP contribution in [-0.4, -0.2) is 56.0 Å². The Hall–Kier alpha value is -3.67. The van der Waals surface area contributed by atoms with Crippen LogP contribution in [0.15, 0.2) is 70.8 Å². The van der Waals surface area contributed by atoms with Crippen molar-refractivity contribution in [1.82, 2.24) is 29.4 Å². The average molecular weight is 535 g/mol. The van der Waals surface area contributed by atoms with Crippen molar-refractivity contribution in [3.8, 4) is 0 Å². The lowest BCUT2D eigenvalue weighted by Crippen LogP contribution is -2.35. The van der Waals surface area contributed by atoms with Gasteiger partial charge >= 0.3 is 0 Å². The third-order valence-corrected chi connectivity index (χ3v) is 8.83. The van der Waals surface area contributed by atoms with Crippen LogP contribution in [0.4, 0.5) is 4.39 Å². The van der Waals surface area contributed by atoms with Crippen molar-refractivity contribution in [2.45, 2.75) is 48.4 Å². The second kappa shape index (κ2) is 9.57. The number of halogens is 1. The first-order chi connectivity index (χ1) is 18.3. The molecule has 196 valence electrons. The van der Waals surface area contributed by atoms with E-state index < -0.39 is 15.9 Å². The van der Waals surface area contributed by atoms with Crippen molar-refractivity contribution in [3.63, 3.8) is 0 Å². The minimum Gasteiger partial charge on any atom is -0.385 e. The molecule has 1 fully saturated rings. The third kappa shape index (κ3) is 4.16. The van der Waals surface area contributed by atoms with E-state index in [1.165, 1.54) is 18.2 Å². The normalized spacial score (nSPS) is 16.4. The van der Waals surface area contributed by atoms with E-state index in [-0.39, 0.29) is 27.3 Å². The van der Waals surface area contributed by atoms with Crippen LogP contribution < -0.4 is 0 Å². The number of hydrogen-bond acceptors (Lipinski definition) is 7. The molecule has 0 spiro atoms. The van der Waals surface area contributed by atoms with Crippen LogP contribution in [0, 0.1) is 5.82 Å². The molecular weight excluding hydrogens is 507 g/mol. The van der Waals surface area contributed by atoms with Crippen LogP contribution in [0.25, 0.3) is 22.1 Å². The van der Waals surface area contributed by atoms with Crippen LogP contribution in [0.2, 0.25) is 0 Å². The molecular formula is C27H27FN6O3S. The Bertz CT molecular complexity index is 1720. The molecule has 0 unspecified atom stereocenters.